The number of benzene rings is 2. The van der Waals surface area contributed by atoms with E-state index in [4.69, 9.17) is 0 Å². The van der Waals surface area contributed by atoms with Gasteiger partial charge in [0.25, 0.3) is 0 Å². The van der Waals surface area contributed by atoms with Crippen LogP contribution in [0.5, 0.6) is 5.75 Å². The molecule has 0 aliphatic rings. The summed E-state index contributed by atoms with van der Waals surface area (Å²) >= 11 is 0. The van der Waals surface area contributed by atoms with Crippen LogP contribution in [-0.4, -0.2) is 5.11 Å². The normalized spacial score (nSPS) is 12.2. The molecule has 0 fully saturated rings. The average molecular weight is 284 g/mol. The quantitative estimate of drug-likeness (QED) is 0.838. The van der Waals surface area contributed by atoms with Crippen molar-refractivity contribution in [2.45, 2.75) is 13.1 Å². The topological polar surface area (TPSA) is 20.2 Å². The molecule has 2 aromatic rings. The van der Waals surface area contributed by atoms with Gasteiger partial charge in [0.2, 0.25) is 0 Å². The van der Waals surface area contributed by atoms with Crippen molar-refractivity contribution in [2.75, 3.05) is 0 Å². The lowest BCUT2D eigenvalue weighted by Crippen LogP contribution is -2.18. The molecule has 0 aliphatic carbocycles. The maximum Gasteiger partial charge on any atom is 0.417 e. The minimum absolute atomic E-state index is 0.0227. The van der Waals surface area contributed by atoms with Gasteiger partial charge in [0.15, 0.2) is 0 Å². The highest BCUT2D eigenvalue weighted by atomic mass is 31.1. The molecule has 0 bridgehead atoms. The summed E-state index contributed by atoms with van der Waals surface area (Å²) in [4.78, 5) is 0. The summed E-state index contributed by atoms with van der Waals surface area (Å²) in [7, 11) is -0.226. The van der Waals surface area contributed by atoms with Gasteiger partial charge in [0, 0.05) is 5.30 Å². The van der Waals surface area contributed by atoms with Crippen LogP contribution in [0.15, 0.2) is 42.5 Å². The summed E-state index contributed by atoms with van der Waals surface area (Å²) in [5.74, 6) is 0.0227. The second kappa shape index (κ2) is 5.22. The first-order valence-corrected chi connectivity index (χ1v) is 6.61. The maximum absolute atomic E-state index is 13.0. The molecular weight excluding hydrogens is 272 g/mol. The van der Waals surface area contributed by atoms with Gasteiger partial charge in [-0.3, -0.25) is 0 Å². The number of halogens is 3. The zero-order valence-corrected chi connectivity index (χ0v) is 11.1. The first-order chi connectivity index (χ1) is 8.88. The number of phenolic OH excluding ortho intramolecular Hbond substituents is 1. The van der Waals surface area contributed by atoms with E-state index in [1.54, 1.807) is 31.2 Å². The molecule has 0 heterocycles. The molecule has 19 heavy (non-hydrogen) atoms. The lowest BCUT2D eigenvalue weighted by Gasteiger charge is -2.14. The van der Waals surface area contributed by atoms with Crippen molar-refractivity contribution in [3.8, 4) is 5.75 Å². The maximum atomic E-state index is 13.0. The van der Waals surface area contributed by atoms with E-state index in [0.29, 0.717) is 10.9 Å². The third-order valence-electron chi connectivity index (χ3n) is 2.65. The average Bonchev–Trinajstić information content (AvgIpc) is 2.33. The zero-order chi connectivity index (χ0) is 14.0. The van der Waals surface area contributed by atoms with Crippen molar-refractivity contribution in [1.82, 2.24) is 0 Å². The molecule has 0 spiro atoms. The predicted octanol–water partition coefficient (Wildman–Crippen LogP) is 3.35. The minimum Gasteiger partial charge on any atom is -0.507 e. The summed E-state index contributed by atoms with van der Waals surface area (Å²) in [6, 6.07) is 10.7. The summed E-state index contributed by atoms with van der Waals surface area (Å²) in [5, 5.41) is 10.4. The number of aryl methyl sites for hydroxylation is 1. The van der Waals surface area contributed by atoms with Crippen molar-refractivity contribution in [3.05, 3.63) is 53.6 Å². The Labute approximate surface area is 110 Å². The first kappa shape index (κ1) is 13.9. The molecule has 1 nitrogen and oxygen atoms in total. The standard InChI is InChI=1S/C14H12F3OP/c1-9-6-7-12(10(8-9)14(15,16)17)19-13-5-3-2-4-11(13)18/h2-8,18-19H,1H3. The Hall–Kier alpha value is -1.54. The monoisotopic (exact) mass is 284 g/mol. The Morgan fingerprint density at radius 2 is 1.68 bits per heavy atom. The highest BCUT2D eigenvalue weighted by molar-refractivity contribution is 7.55. The van der Waals surface area contributed by atoms with Crippen LogP contribution in [0.1, 0.15) is 11.1 Å². The molecule has 5 heteroatoms. The van der Waals surface area contributed by atoms with E-state index in [0.717, 1.165) is 6.07 Å². The number of hydrogen-bond acceptors (Lipinski definition) is 1. The molecule has 0 aliphatic heterocycles. The fourth-order valence-corrected chi connectivity index (χ4v) is 2.92. The number of hydrogen-bond donors (Lipinski definition) is 1. The van der Waals surface area contributed by atoms with Crippen LogP contribution in [0.3, 0.4) is 0 Å². The molecule has 1 N–H and O–H groups in total. The SMILES string of the molecule is Cc1ccc(Pc2ccccc2O)c(C(F)(F)F)c1. The zero-order valence-electron chi connectivity index (χ0n) is 10.1. The molecule has 2 aromatic carbocycles. The summed E-state index contributed by atoms with van der Waals surface area (Å²) in [6.07, 6.45) is -4.38. The van der Waals surface area contributed by atoms with Crippen LogP contribution in [-0.2, 0) is 6.18 Å². The molecule has 0 amide bonds. The Morgan fingerprint density at radius 1 is 1.00 bits per heavy atom. The van der Waals surface area contributed by atoms with Gasteiger partial charge < -0.3 is 5.11 Å². The van der Waals surface area contributed by atoms with Crippen LogP contribution in [0.4, 0.5) is 13.2 Å². The highest BCUT2D eigenvalue weighted by Crippen LogP contribution is 2.32. The Balaban J connectivity index is 2.44. The Bertz CT molecular complexity index is 593. The molecular formula is C14H12F3OP. The Morgan fingerprint density at radius 3 is 2.32 bits per heavy atom. The van der Waals surface area contributed by atoms with E-state index >= 15 is 0 Å². The van der Waals surface area contributed by atoms with Crippen LogP contribution in [0.25, 0.3) is 0 Å². The lowest BCUT2D eigenvalue weighted by molar-refractivity contribution is -0.136. The van der Waals surface area contributed by atoms with Gasteiger partial charge in [0.05, 0.1) is 5.56 Å². The highest BCUT2D eigenvalue weighted by Gasteiger charge is 2.33. The number of phenols is 1. The molecule has 1 unspecified atom stereocenters. The van der Waals surface area contributed by atoms with Crippen molar-refractivity contribution >= 4 is 19.2 Å². The van der Waals surface area contributed by atoms with Crippen molar-refractivity contribution in [3.63, 3.8) is 0 Å². The summed E-state index contributed by atoms with van der Waals surface area (Å²) in [5.41, 5.74) is -0.0627. The third-order valence-corrected chi connectivity index (χ3v) is 4.05. The summed E-state index contributed by atoms with van der Waals surface area (Å²) in [6.45, 7) is 1.63. The lowest BCUT2D eigenvalue weighted by atomic mass is 10.1. The van der Waals surface area contributed by atoms with Crippen molar-refractivity contribution in [2.24, 2.45) is 0 Å². The minimum atomic E-state index is -4.38. The van der Waals surface area contributed by atoms with E-state index in [1.807, 2.05) is 0 Å². The number of aromatic hydroxyl groups is 1. The van der Waals surface area contributed by atoms with Crippen LogP contribution in [0.2, 0.25) is 0 Å². The van der Waals surface area contributed by atoms with E-state index in [2.05, 4.69) is 0 Å². The van der Waals surface area contributed by atoms with E-state index in [-0.39, 0.29) is 19.6 Å². The predicted molar refractivity (Wildman–Crippen MR) is 71.9 cm³/mol. The van der Waals surface area contributed by atoms with Gasteiger partial charge in [-0.15, -0.1) is 0 Å². The van der Waals surface area contributed by atoms with Gasteiger partial charge in [0.1, 0.15) is 5.75 Å². The fraction of sp³-hybridized carbons (Fsp3) is 0.143. The van der Waals surface area contributed by atoms with E-state index in [9.17, 15) is 18.3 Å². The Kier molecular flexibility index (Phi) is 3.81. The van der Waals surface area contributed by atoms with Crippen LogP contribution < -0.4 is 10.6 Å². The summed E-state index contributed by atoms with van der Waals surface area (Å²) < 4.78 is 38.9. The van der Waals surface area contributed by atoms with Gasteiger partial charge >= 0.3 is 6.18 Å². The van der Waals surface area contributed by atoms with Crippen molar-refractivity contribution < 1.29 is 18.3 Å². The molecule has 0 saturated carbocycles. The van der Waals surface area contributed by atoms with Gasteiger partial charge in [-0.2, -0.15) is 13.2 Å². The van der Waals surface area contributed by atoms with Crippen molar-refractivity contribution in [1.29, 1.82) is 0 Å². The molecule has 0 radical (unpaired) electrons. The second-order valence-electron chi connectivity index (χ2n) is 4.19. The van der Waals surface area contributed by atoms with E-state index in [1.165, 1.54) is 12.1 Å². The third kappa shape index (κ3) is 3.27. The van der Waals surface area contributed by atoms with Gasteiger partial charge in [-0.25, -0.2) is 0 Å². The molecule has 2 rings (SSSR count). The van der Waals surface area contributed by atoms with E-state index < -0.39 is 11.7 Å². The van der Waals surface area contributed by atoms with Crippen LogP contribution >= 0.6 is 8.58 Å². The van der Waals surface area contributed by atoms with Gasteiger partial charge in [-0.1, -0.05) is 44.5 Å². The van der Waals surface area contributed by atoms with Gasteiger partial charge in [-0.05, 0) is 24.4 Å². The first-order valence-electron chi connectivity index (χ1n) is 5.61. The largest absolute Gasteiger partial charge is 0.507 e. The second-order valence-corrected chi connectivity index (χ2v) is 5.52. The number of rotatable bonds is 2. The molecule has 1 atom stereocenters. The molecule has 0 aromatic heterocycles. The molecule has 100 valence electrons. The fourth-order valence-electron chi connectivity index (χ4n) is 1.73. The molecule has 0 saturated heterocycles. The van der Waals surface area contributed by atoms with Crippen LogP contribution in [0, 0.1) is 6.92 Å². The smallest absolute Gasteiger partial charge is 0.417 e. The number of para-hydroxylation sites is 1. The number of alkyl halides is 3.